The Kier molecular flexibility index (Phi) is 4.70. The fourth-order valence-corrected chi connectivity index (χ4v) is 4.55. The van der Waals surface area contributed by atoms with Crippen LogP contribution in [0.3, 0.4) is 0 Å². The lowest BCUT2D eigenvalue weighted by Crippen LogP contribution is -2.51. The van der Waals surface area contributed by atoms with E-state index in [1.165, 1.54) is 10.5 Å². The summed E-state index contributed by atoms with van der Waals surface area (Å²) in [5.74, 6) is 0. The highest BCUT2D eigenvalue weighted by molar-refractivity contribution is 6.68. The summed E-state index contributed by atoms with van der Waals surface area (Å²) in [5.41, 5.74) is -1.70. The number of hydrogen-bond donors (Lipinski definition) is 0. The number of rotatable bonds is 0. The maximum absolute atomic E-state index is 13.6. The molecule has 20 radical (unpaired) electrons. The van der Waals surface area contributed by atoms with Crippen molar-refractivity contribution >= 4 is 171 Å². The molecule has 0 aliphatic rings. The quantitative estimate of drug-likeness (QED) is 0.148. The van der Waals surface area contributed by atoms with Crippen molar-refractivity contribution in [3.05, 3.63) is 26.5 Å². The molecule has 0 fully saturated rings. The van der Waals surface area contributed by atoms with Gasteiger partial charge >= 0.3 is 0 Å². The summed E-state index contributed by atoms with van der Waals surface area (Å²) in [6, 6.07) is 1.30. The van der Waals surface area contributed by atoms with E-state index in [2.05, 4.69) is 0 Å². The molecule has 0 atom stereocenters. The van der Waals surface area contributed by atoms with Crippen LogP contribution in [0.5, 0.6) is 0 Å². The summed E-state index contributed by atoms with van der Waals surface area (Å²) in [4.78, 5) is 27.2. The predicted octanol–water partition coefficient (Wildman–Crippen LogP) is -8.50. The number of fused-ring (bicyclic) bond motifs is 4. The normalized spacial score (nSPS) is 11.9. The van der Waals surface area contributed by atoms with Crippen LogP contribution in [-0.4, -0.2) is 82.9 Å². The second-order valence-corrected chi connectivity index (χ2v) is 7.90. The van der Waals surface area contributed by atoms with Gasteiger partial charge in [-0.1, -0.05) is 38.8 Å². The van der Waals surface area contributed by atoms with E-state index in [1.54, 1.807) is 0 Å². The van der Waals surface area contributed by atoms with Gasteiger partial charge in [-0.25, -0.2) is 0 Å². The van der Waals surface area contributed by atoms with Gasteiger partial charge < -0.3 is 4.40 Å². The Balaban J connectivity index is 2.45. The van der Waals surface area contributed by atoms with Gasteiger partial charge in [-0.2, -0.15) is 0 Å². The molecule has 0 aliphatic carbocycles. The molecule has 3 nitrogen and oxygen atoms in total. The maximum Gasteiger partial charge on any atom is 0.196 e. The molecule has 2 aromatic heterocycles. The SMILES string of the molecule is [B]c1c([B])c([B])c2c(c1[B])c(=O)c1c([B])cc([B])c3c(=O)c4c([B])c([B])c([B])c([B])c4n2c13. The number of benzene rings is 3. The van der Waals surface area contributed by atoms with Gasteiger partial charge in [-0.15, -0.1) is 21.9 Å². The average molecular weight is 395 g/mol. The Morgan fingerprint density at radius 1 is 0.424 bits per heavy atom. The second kappa shape index (κ2) is 6.98. The van der Waals surface area contributed by atoms with E-state index < -0.39 is 10.9 Å². The van der Waals surface area contributed by atoms with E-state index in [9.17, 15) is 9.59 Å². The molecule has 0 saturated carbocycles. The molecule has 13 heteroatoms. The van der Waals surface area contributed by atoms with Gasteiger partial charge in [0.15, 0.2) is 10.9 Å². The third-order valence-electron chi connectivity index (χ3n) is 6.20. The van der Waals surface area contributed by atoms with Gasteiger partial charge in [0.25, 0.3) is 0 Å². The molecule has 3 aromatic carbocycles. The van der Waals surface area contributed by atoms with Crippen molar-refractivity contribution in [3.8, 4) is 0 Å². The predicted molar refractivity (Wildman–Crippen MR) is 148 cm³/mol. The summed E-state index contributed by atoms with van der Waals surface area (Å²) >= 11 is 0. The van der Waals surface area contributed by atoms with Crippen LogP contribution in [-0.2, 0) is 0 Å². The first kappa shape index (κ1) is 22.3. The lowest BCUT2D eigenvalue weighted by atomic mass is 9.64. The van der Waals surface area contributed by atoms with E-state index in [0.717, 1.165) is 0 Å². The van der Waals surface area contributed by atoms with Crippen LogP contribution in [0.1, 0.15) is 0 Å². The van der Waals surface area contributed by atoms with Crippen LogP contribution >= 0.6 is 0 Å². The minimum Gasteiger partial charge on any atom is -0.309 e. The van der Waals surface area contributed by atoms with E-state index in [1.807, 2.05) is 0 Å². The minimum absolute atomic E-state index is 0.00600. The first-order chi connectivity index (χ1) is 15.4. The highest BCUT2D eigenvalue weighted by atomic mass is 16.1. The van der Waals surface area contributed by atoms with Crippen molar-refractivity contribution in [2.75, 3.05) is 0 Å². The number of aromatic nitrogens is 1. The molecule has 0 bridgehead atoms. The van der Waals surface area contributed by atoms with Crippen molar-refractivity contribution in [1.82, 2.24) is 4.40 Å². The molecule has 5 rings (SSSR count). The van der Waals surface area contributed by atoms with Gasteiger partial charge in [0, 0.05) is 32.6 Å². The summed E-state index contributed by atoms with van der Waals surface area (Å²) in [5, 5.41) is -0.200. The Bertz CT molecular complexity index is 1730. The zero-order chi connectivity index (χ0) is 24.3. The van der Waals surface area contributed by atoms with Crippen LogP contribution < -0.4 is 65.5 Å². The molecule has 0 unspecified atom stereocenters. The van der Waals surface area contributed by atoms with E-state index in [4.69, 9.17) is 78.5 Å². The zero-order valence-electron chi connectivity index (χ0n) is 17.1. The first-order valence-electron chi connectivity index (χ1n) is 9.54. The largest absolute Gasteiger partial charge is 0.309 e. The Morgan fingerprint density at radius 2 is 0.758 bits per heavy atom. The zero-order valence-corrected chi connectivity index (χ0v) is 17.1. The third-order valence-corrected chi connectivity index (χ3v) is 6.20. The molecule has 33 heavy (non-hydrogen) atoms. The Morgan fingerprint density at radius 3 is 1.12 bits per heavy atom. The third kappa shape index (κ3) is 2.54. The molecule has 0 aliphatic heterocycles. The highest BCUT2D eigenvalue weighted by Crippen LogP contribution is 2.21. The first-order valence-corrected chi connectivity index (χ1v) is 9.54. The molecule has 0 spiro atoms. The molecular formula is C20HB10NO2. The topological polar surface area (TPSA) is 38.5 Å². The van der Waals surface area contributed by atoms with Gasteiger partial charge in [0.1, 0.15) is 78.5 Å². The molecule has 2 heterocycles. The van der Waals surface area contributed by atoms with Crippen molar-refractivity contribution in [2.45, 2.75) is 0 Å². The van der Waals surface area contributed by atoms with Crippen LogP contribution in [0.2, 0.25) is 0 Å². The average Bonchev–Trinajstić information content (AvgIpc) is 2.76. The lowest BCUT2D eigenvalue weighted by molar-refractivity contribution is 1.34. The molecule has 5 aromatic rings. The minimum atomic E-state index is -0.614. The van der Waals surface area contributed by atoms with Crippen LogP contribution in [0.25, 0.3) is 38.1 Å². The van der Waals surface area contributed by atoms with Crippen molar-refractivity contribution in [1.29, 1.82) is 0 Å². The molecule has 0 saturated heterocycles. The van der Waals surface area contributed by atoms with Crippen LogP contribution in [0.15, 0.2) is 15.7 Å². The van der Waals surface area contributed by atoms with E-state index >= 15 is 0 Å². The molecule has 0 N–H and O–H groups in total. The second-order valence-electron chi connectivity index (χ2n) is 7.90. The standard InChI is InChI=1S/C20HB10NO2/c21-2-1-3(22)5-16-4(2)19(32)6-8(23)10(25)12(27)14(29)17(6)31(16)18-7(20(5)33)9(24)11(26)13(28)15(18)30/h1H. The van der Waals surface area contributed by atoms with Crippen molar-refractivity contribution in [2.24, 2.45) is 0 Å². The van der Waals surface area contributed by atoms with Crippen LogP contribution in [0.4, 0.5) is 0 Å². The van der Waals surface area contributed by atoms with Crippen molar-refractivity contribution in [3.63, 3.8) is 0 Å². The summed E-state index contributed by atoms with van der Waals surface area (Å²) in [6.07, 6.45) is 0. The van der Waals surface area contributed by atoms with E-state index in [-0.39, 0.29) is 92.7 Å². The summed E-state index contributed by atoms with van der Waals surface area (Å²) < 4.78 is 1.42. The molecular weight excluding hydrogens is 394 g/mol. The van der Waals surface area contributed by atoms with Crippen LogP contribution in [0, 0.1) is 0 Å². The smallest absolute Gasteiger partial charge is 0.196 e. The van der Waals surface area contributed by atoms with Gasteiger partial charge in [-0.05, 0) is 0 Å². The highest BCUT2D eigenvalue weighted by Gasteiger charge is 2.24. The fraction of sp³-hybridized carbons (Fsp3) is 0. The maximum atomic E-state index is 13.6. The Hall–Kier alpha value is -2.55. The fourth-order valence-electron chi connectivity index (χ4n) is 4.55. The number of nitrogens with zero attached hydrogens (tertiary/aromatic N) is 1. The lowest BCUT2D eigenvalue weighted by Gasteiger charge is -2.25. The van der Waals surface area contributed by atoms with Gasteiger partial charge in [0.2, 0.25) is 0 Å². The van der Waals surface area contributed by atoms with Gasteiger partial charge in [0.05, 0.1) is 5.52 Å². The number of pyridine rings is 2. The van der Waals surface area contributed by atoms with E-state index in [0.29, 0.717) is 0 Å². The summed E-state index contributed by atoms with van der Waals surface area (Å²) in [7, 11) is 61.6. The monoisotopic (exact) mass is 397 g/mol. The van der Waals surface area contributed by atoms with Gasteiger partial charge in [-0.3, -0.25) is 9.59 Å². The molecule has 0 amide bonds. The number of hydrogen-bond acceptors (Lipinski definition) is 2. The van der Waals surface area contributed by atoms with Crippen molar-refractivity contribution < 1.29 is 0 Å². The Labute approximate surface area is 201 Å². The summed E-state index contributed by atoms with van der Waals surface area (Å²) in [6.45, 7) is 0. The molecule has 128 valence electrons.